The Morgan fingerprint density at radius 1 is 0.933 bits per heavy atom. The van der Waals surface area contributed by atoms with Gasteiger partial charge >= 0.3 is 0 Å². The van der Waals surface area contributed by atoms with Gasteiger partial charge in [-0.25, -0.2) is 0 Å². The van der Waals surface area contributed by atoms with Crippen molar-refractivity contribution in [3.63, 3.8) is 0 Å². The zero-order chi connectivity index (χ0) is 31.9. The summed E-state index contributed by atoms with van der Waals surface area (Å²) in [7, 11) is 0. The molecule has 45 heavy (non-hydrogen) atoms. The summed E-state index contributed by atoms with van der Waals surface area (Å²) in [5.74, 6) is 3.15. The molecule has 2 aromatic carbocycles. The molecular formula is C45H56. The molecule has 4 aliphatic rings. The summed E-state index contributed by atoms with van der Waals surface area (Å²) < 4.78 is 0. The van der Waals surface area contributed by atoms with E-state index in [9.17, 15) is 0 Å². The summed E-state index contributed by atoms with van der Waals surface area (Å²) in [5, 5.41) is 0. The monoisotopic (exact) mass is 596 g/mol. The third-order valence-electron chi connectivity index (χ3n) is 11.4. The molecule has 0 heteroatoms. The number of allylic oxidation sites excluding steroid dienone is 9. The normalized spacial score (nSPS) is 26.3. The molecule has 0 aromatic heterocycles. The minimum atomic E-state index is 0.282. The van der Waals surface area contributed by atoms with Crippen molar-refractivity contribution < 1.29 is 0 Å². The summed E-state index contributed by atoms with van der Waals surface area (Å²) in [6, 6.07) is 11.9. The van der Waals surface area contributed by atoms with Gasteiger partial charge in [0.2, 0.25) is 0 Å². The smallest absolute Gasteiger partial charge is 0.00827 e. The second-order valence-electron chi connectivity index (χ2n) is 16.3. The molecule has 2 aromatic rings. The summed E-state index contributed by atoms with van der Waals surface area (Å²) >= 11 is 0. The summed E-state index contributed by atoms with van der Waals surface area (Å²) in [4.78, 5) is 0. The molecule has 0 heterocycles. The molecule has 1 fully saturated rings. The van der Waals surface area contributed by atoms with Crippen molar-refractivity contribution in [1.29, 1.82) is 0 Å². The molecule has 0 N–H and O–H groups in total. The van der Waals surface area contributed by atoms with Crippen LogP contribution in [0.15, 0.2) is 96.2 Å². The van der Waals surface area contributed by atoms with E-state index in [1.54, 1.807) is 11.1 Å². The Kier molecular flexibility index (Phi) is 9.16. The average molecular weight is 597 g/mol. The van der Waals surface area contributed by atoms with E-state index in [-0.39, 0.29) is 5.41 Å². The number of hydrogen-bond acceptors (Lipinski definition) is 0. The van der Waals surface area contributed by atoms with Crippen LogP contribution in [0.25, 0.3) is 17.2 Å². The molecule has 0 amide bonds. The lowest BCUT2D eigenvalue weighted by molar-refractivity contribution is 0.192. The lowest BCUT2D eigenvalue weighted by Gasteiger charge is -2.35. The van der Waals surface area contributed by atoms with Crippen LogP contribution < -0.4 is 0 Å². The van der Waals surface area contributed by atoms with Gasteiger partial charge in [0.1, 0.15) is 0 Å². The van der Waals surface area contributed by atoms with Crippen molar-refractivity contribution in [3.8, 4) is 11.1 Å². The Morgan fingerprint density at radius 3 is 2.49 bits per heavy atom. The first-order valence-corrected chi connectivity index (χ1v) is 17.8. The van der Waals surface area contributed by atoms with Crippen molar-refractivity contribution in [3.05, 3.63) is 124 Å². The van der Waals surface area contributed by atoms with E-state index < -0.39 is 0 Å². The van der Waals surface area contributed by atoms with Crippen molar-refractivity contribution in [1.82, 2.24) is 0 Å². The molecular weight excluding hydrogens is 540 g/mol. The fourth-order valence-corrected chi connectivity index (χ4v) is 9.00. The third kappa shape index (κ3) is 7.16. The predicted molar refractivity (Wildman–Crippen MR) is 196 cm³/mol. The van der Waals surface area contributed by atoms with Gasteiger partial charge in [0.25, 0.3) is 0 Å². The summed E-state index contributed by atoms with van der Waals surface area (Å²) in [6.45, 7) is 23.3. The maximum atomic E-state index is 4.65. The molecule has 0 saturated heterocycles. The van der Waals surface area contributed by atoms with E-state index in [0.29, 0.717) is 11.8 Å². The fourth-order valence-electron chi connectivity index (χ4n) is 9.00. The first-order chi connectivity index (χ1) is 21.4. The Labute approximate surface area is 274 Å². The highest BCUT2D eigenvalue weighted by atomic mass is 14.4. The van der Waals surface area contributed by atoms with Crippen LogP contribution in [0.1, 0.15) is 100 Å². The Morgan fingerprint density at radius 2 is 1.76 bits per heavy atom. The number of benzene rings is 2. The van der Waals surface area contributed by atoms with Crippen LogP contribution in [-0.2, 0) is 12.8 Å². The molecule has 3 unspecified atom stereocenters. The zero-order valence-corrected chi connectivity index (χ0v) is 29.0. The molecule has 6 rings (SSSR count). The molecule has 0 spiro atoms. The summed E-state index contributed by atoms with van der Waals surface area (Å²) in [6.07, 6.45) is 25.1. The van der Waals surface area contributed by atoms with Gasteiger partial charge in [0.05, 0.1) is 0 Å². The van der Waals surface area contributed by atoms with E-state index in [1.807, 2.05) is 0 Å². The van der Waals surface area contributed by atoms with Crippen LogP contribution in [0.4, 0.5) is 0 Å². The maximum absolute atomic E-state index is 4.65. The first kappa shape index (κ1) is 31.8. The fraction of sp³-hybridized carbons (Fsp3) is 0.467. The molecule has 0 nitrogen and oxygen atoms in total. The minimum Gasteiger partial charge on any atom is -0.0986 e. The zero-order valence-electron chi connectivity index (χ0n) is 29.0. The molecule has 0 aliphatic heterocycles. The second kappa shape index (κ2) is 12.9. The molecule has 4 aliphatic carbocycles. The summed E-state index contributed by atoms with van der Waals surface area (Å²) in [5.41, 5.74) is 16.2. The Hall–Kier alpha value is -3.12. The lowest BCUT2D eigenvalue weighted by Crippen LogP contribution is -2.25. The molecule has 236 valence electrons. The van der Waals surface area contributed by atoms with Crippen LogP contribution in [0, 0.1) is 48.9 Å². The van der Waals surface area contributed by atoms with Crippen LogP contribution in [0.3, 0.4) is 0 Å². The third-order valence-corrected chi connectivity index (χ3v) is 11.4. The number of rotatable bonds is 8. The SMILES string of the molecule is C=C1C=CC(CC(C)(C)C)C(=C)C1CC1=Cc2cccc(-c3cc(C)cc(C)c3C[C@@H]3CCC(CC4=CCC=C4)C[C@@H]3C)c2C1. The van der Waals surface area contributed by atoms with Gasteiger partial charge in [0, 0.05) is 5.92 Å². The second-order valence-corrected chi connectivity index (χ2v) is 16.3. The van der Waals surface area contributed by atoms with Crippen molar-refractivity contribution >= 4 is 6.08 Å². The van der Waals surface area contributed by atoms with Gasteiger partial charge in [-0.05, 0) is 140 Å². The van der Waals surface area contributed by atoms with Crippen molar-refractivity contribution in [2.24, 2.45) is 35.0 Å². The molecule has 0 radical (unpaired) electrons. The average Bonchev–Trinajstić information content (AvgIpc) is 3.64. The van der Waals surface area contributed by atoms with Gasteiger partial charge in [0.15, 0.2) is 0 Å². The van der Waals surface area contributed by atoms with E-state index >= 15 is 0 Å². The number of hydrogen-bond donors (Lipinski definition) is 0. The van der Waals surface area contributed by atoms with Crippen LogP contribution in [0.5, 0.6) is 0 Å². The van der Waals surface area contributed by atoms with Crippen LogP contribution in [0.2, 0.25) is 0 Å². The van der Waals surface area contributed by atoms with Gasteiger partial charge in [-0.1, -0.05) is 130 Å². The van der Waals surface area contributed by atoms with E-state index in [0.717, 1.165) is 43.4 Å². The minimum absolute atomic E-state index is 0.282. The Balaban J connectivity index is 1.20. The largest absolute Gasteiger partial charge is 0.0986 e. The standard InChI is InChI=1S/C45H56/c1-29-20-32(4)42(27-37-19-17-35(22-31(37)3)23-34-12-9-10-13-34)44(21-29)40-15-11-14-38-24-36(26-43(38)40)25-41-30(2)16-18-39(33(41)5)28-45(6,7)8/h9,11-16,18,20-21,24,31,35,37,39,41H,2,5,10,17,19,22-23,25-28H2,1,3-4,6-8H3/t31-,35?,37-,39?,41?/m0/s1. The number of aryl methyl sites for hydroxylation is 2. The van der Waals surface area contributed by atoms with Gasteiger partial charge in [-0.3, -0.25) is 0 Å². The molecule has 0 bridgehead atoms. The predicted octanol–water partition coefficient (Wildman–Crippen LogP) is 12.5. The van der Waals surface area contributed by atoms with E-state index in [2.05, 4.69) is 121 Å². The van der Waals surface area contributed by atoms with Gasteiger partial charge in [-0.2, -0.15) is 0 Å². The maximum Gasteiger partial charge on any atom is 0.00827 e. The first-order valence-electron chi connectivity index (χ1n) is 17.8. The molecule has 5 atom stereocenters. The highest BCUT2D eigenvalue weighted by molar-refractivity contribution is 5.80. The Bertz CT molecular complexity index is 1590. The number of fused-ring (bicyclic) bond motifs is 1. The van der Waals surface area contributed by atoms with Crippen molar-refractivity contribution in [2.75, 3.05) is 0 Å². The van der Waals surface area contributed by atoms with Gasteiger partial charge in [-0.15, -0.1) is 0 Å². The molecule has 1 saturated carbocycles. The quantitative estimate of drug-likeness (QED) is 0.266. The highest BCUT2D eigenvalue weighted by Gasteiger charge is 2.32. The highest BCUT2D eigenvalue weighted by Crippen LogP contribution is 2.45. The lowest BCUT2D eigenvalue weighted by atomic mass is 9.70. The van der Waals surface area contributed by atoms with Crippen LogP contribution >= 0.6 is 0 Å². The topological polar surface area (TPSA) is 0 Å². The van der Waals surface area contributed by atoms with Crippen LogP contribution in [-0.4, -0.2) is 0 Å². The van der Waals surface area contributed by atoms with E-state index in [4.69, 9.17) is 0 Å². The van der Waals surface area contributed by atoms with Crippen molar-refractivity contribution in [2.45, 2.75) is 99.3 Å². The van der Waals surface area contributed by atoms with Gasteiger partial charge < -0.3 is 0 Å². The van der Waals surface area contributed by atoms with E-state index in [1.165, 1.54) is 82.2 Å².